The average Bonchev–Trinajstić information content (AvgIpc) is 2.57. The van der Waals surface area contributed by atoms with Crippen molar-refractivity contribution in [2.24, 2.45) is 4.99 Å². The molecule has 5 nitrogen and oxygen atoms in total. The SMILES string of the molecule is CCNC(=NCc1cccc2ccccc12)NC(C)CCS(C)(=O)=O.I. The third-order valence-corrected chi connectivity index (χ3v) is 4.91. The Hall–Kier alpha value is -1.35. The summed E-state index contributed by atoms with van der Waals surface area (Å²) in [5, 5.41) is 8.91. The second-order valence-electron chi connectivity index (χ2n) is 6.30. The number of nitrogens with zero attached hydrogens (tertiary/aromatic N) is 1. The molecule has 0 saturated carbocycles. The molecule has 0 saturated heterocycles. The molecule has 0 fully saturated rings. The van der Waals surface area contributed by atoms with E-state index in [0.29, 0.717) is 18.9 Å². The van der Waals surface area contributed by atoms with Gasteiger partial charge in [0.25, 0.3) is 0 Å². The van der Waals surface area contributed by atoms with Crippen LogP contribution in [0.2, 0.25) is 0 Å². The number of hydrogen-bond acceptors (Lipinski definition) is 3. The quantitative estimate of drug-likeness (QED) is 0.356. The molecule has 2 N–H and O–H groups in total. The Kier molecular flexibility index (Phi) is 9.35. The largest absolute Gasteiger partial charge is 0.357 e. The molecule has 0 spiro atoms. The predicted molar refractivity (Wildman–Crippen MR) is 121 cm³/mol. The van der Waals surface area contributed by atoms with Crippen molar-refractivity contribution in [3.05, 3.63) is 48.0 Å². The summed E-state index contributed by atoms with van der Waals surface area (Å²) in [6, 6.07) is 14.5. The van der Waals surface area contributed by atoms with E-state index < -0.39 is 9.84 Å². The van der Waals surface area contributed by atoms with E-state index in [1.807, 2.05) is 32.0 Å². The Balaban J connectivity index is 0.00000338. The Morgan fingerprint density at radius 1 is 1.15 bits per heavy atom. The van der Waals surface area contributed by atoms with Gasteiger partial charge in [0.05, 0.1) is 12.3 Å². The summed E-state index contributed by atoms with van der Waals surface area (Å²) in [4.78, 5) is 4.66. The lowest BCUT2D eigenvalue weighted by molar-refractivity contribution is 0.581. The van der Waals surface area contributed by atoms with Crippen molar-refractivity contribution in [3.8, 4) is 0 Å². The number of fused-ring (bicyclic) bond motifs is 1. The zero-order valence-corrected chi connectivity index (χ0v) is 18.7. The lowest BCUT2D eigenvalue weighted by Gasteiger charge is -2.17. The minimum atomic E-state index is -2.95. The smallest absolute Gasteiger partial charge is 0.191 e. The molecule has 2 aromatic rings. The molecule has 0 aromatic heterocycles. The van der Waals surface area contributed by atoms with Crippen LogP contribution in [-0.4, -0.2) is 39.0 Å². The minimum Gasteiger partial charge on any atom is -0.357 e. The zero-order chi connectivity index (χ0) is 18.3. The Morgan fingerprint density at radius 2 is 1.85 bits per heavy atom. The summed E-state index contributed by atoms with van der Waals surface area (Å²) < 4.78 is 22.6. The van der Waals surface area contributed by atoms with E-state index in [-0.39, 0.29) is 35.8 Å². The lowest BCUT2D eigenvalue weighted by atomic mass is 10.1. The number of guanidine groups is 1. The van der Waals surface area contributed by atoms with Crippen molar-refractivity contribution in [1.29, 1.82) is 0 Å². The molecule has 0 bridgehead atoms. The van der Waals surface area contributed by atoms with Crippen molar-refractivity contribution in [2.45, 2.75) is 32.9 Å². The van der Waals surface area contributed by atoms with Gasteiger partial charge < -0.3 is 10.6 Å². The fourth-order valence-electron chi connectivity index (χ4n) is 2.61. The number of hydrogen-bond donors (Lipinski definition) is 2. The molecule has 1 unspecified atom stereocenters. The van der Waals surface area contributed by atoms with Gasteiger partial charge in [-0.1, -0.05) is 42.5 Å². The second-order valence-corrected chi connectivity index (χ2v) is 8.56. The zero-order valence-electron chi connectivity index (χ0n) is 15.5. The van der Waals surface area contributed by atoms with Crippen LogP contribution in [0.1, 0.15) is 25.8 Å². The van der Waals surface area contributed by atoms with Gasteiger partial charge in [-0.05, 0) is 36.6 Å². The topological polar surface area (TPSA) is 70.6 Å². The molecular formula is C19H28IN3O2S. The van der Waals surface area contributed by atoms with Gasteiger partial charge in [-0.25, -0.2) is 13.4 Å². The first-order chi connectivity index (χ1) is 11.9. The van der Waals surface area contributed by atoms with E-state index in [4.69, 9.17) is 0 Å². The molecular weight excluding hydrogens is 461 g/mol. The number of halogens is 1. The van der Waals surface area contributed by atoms with Gasteiger partial charge in [-0.3, -0.25) is 0 Å². The molecule has 7 heteroatoms. The monoisotopic (exact) mass is 489 g/mol. The molecule has 144 valence electrons. The second kappa shape index (κ2) is 10.7. The highest BCUT2D eigenvalue weighted by Crippen LogP contribution is 2.19. The van der Waals surface area contributed by atoms with Crippen molar-refractivity contribution in [3.63, 3.8) is 0 Å². The van der Waals surface area contributed by atoms with Crippen LogP contribution in [0.15, 0.2) is 47.5 Å². The first-order valence-electron chi connectivity index (χ1n) is 8.58. The first kappa shape index (κ1) is 22.7. The van der Waals surface area contributed by atoms with Crippen LogP contribution in [0, 0.1) is 0 Å². The summed E-state index contributed by atoms with van der Waals surface area (Å²) in [5.74, 6) is 0.876. The van der Waals surface area contributed by atoms with Crippen LogP contribution in [-0.2, 0) is 16.4 Å². The number of sulfone groups is 1. The fourth-order valence-corrected chi connectivity index (χ4v) is 3.39. The molecule has 0 heterocycles. The fraction of sp³-hybridized carbons (Fsp3) is 0.421. The number of nitrogens with one attached hydrogen (secondary N) is 2. The highest BCUT2D eigenvalue weighted by atomic mass is 127. The average molecular weight is 489 g/mol. The van der Waals surface area contributed by atoms with Gasteiger partial charge in [0.1, 0.15) is 9.84 Å². The van der Waals surface area contributed by atoms with E-state index in [0.717, 1.165) is 6.54 Å². The van der Waals surface area contributed by atoms with Crippen LogP contribution in [0.4, 0.5) is 0 Å². The normalized spacial score (nSPS) is 13.1. The Morgan fingerprint density at radius 3 is 2.54 bits per heavy atom. The van der Waals surface area contributed by atoms with Crippen molar-refractivity contribution >= 4 is 50.5 Å². The predicted octanol–water partition coefficient (Wildman–Crippen LogP) is 3.34. The van der Waals surface area contributed by atoms with Gasteiger partial charge >= 0.3 is 0 Å². The van der Waals surface area contributed by atoms with E-state index >= 15 is 0 Å². The van der Waals surface area contributed by atoms with Crippen LogP contribution in [0.3, 0.4) is 0 Å². The van der Waals surface area contributed by atoms with Crippen molar-refractivity contribution < 1.29 is 8.42 Å². The first-order valence-corrected chi connectivity index (χ1v) is 10.6. The highest BCUT2D eigenvalue weighted by molar-refractivity contribution is 14.0. The number of benzene rings is 2. The summed E-state index contributed by atoms with van der Waals surface area (Å²) in [5.41, 5.74) is 1.17. The van der Waals surface area contributed by atoms with Gasteiger partial charge in [0.2, 0.25) is 0 Å². The van der Waals surface area contributed by atoms with Crippen LogP contribution < -0.4 is 10.6 Å². The van der Waals surface area contributed by atoms with E-state index in [9.17, 15) is 8.42 Å². The molecule has 0 aliphatic heterocycles. The molecule has 26 heavy (non-hydrogen) atoms. The highest BCUT2D eigenvalue weighted by Gasteiger charge is 2.09. The molecule has 0 aliphatic carbocycles. The van der Waals surface area contributed by atoms with Gasteiger partial charge in [0, 0.05) is 18.8 Å². The van der Waals surface area contributed by atoms with Gasteiger partial charge in [0.15, 0.2) is 5.96 Å². The number of aliphatic imine (C=N–C) groups is 1. The van der Waals surface area contributed by atoms with E-state index in [2.05, 4.69) is 39.9 Å². The molecule has 0 radical (unpaired) electrons. The van der Waals surface area contributed by atoms with E-state index in [1.165, 1.54) is 22.6 Å². The maximum absolute atomic E-state index is 11.3. The summed E-state index contributed by atoms with van der Waals surface area (Å²) >= 11 is 0. The summed E-state index contributed by atoms with van der Waals surface area (Å²) in [6.45, 7) is 5.29. The minimum absolute atomic E-state index is 0. The van der Waals surface area contributed by atoms with Gasteiger partial charge in [-0.15, -0.1) is 24.0 Å². The van der Waals surface area contributed by atoms with Crippen molar-refractivity contribution in [1.82, 2.24) is 10.6 Å². The van der Waals surface area contributed by atoms with Crippen LogP contribution >= 0.6 is 24.0 Å². The van der Waals surface area contributed by atoms with E-state index in [1.54, 1.807) is 0 Å². The molecule has 0 aliphatic rings. The maximum atomic E-state index is 11.3. The third-order valence-electron chi connectivity index (χ3n) is 3.94. The van der Waals surface area contributed by atoms with Crippen LogP contribution in [0.5, 0.6) is 0 Å². The molecule has 2 rings (SSSR count). The lowest BCUT2D eigenvalue weighted by Crippen LogP contribution is -2.42. The molecule has 0 amide bonds. The summed E-state index contributed by atoms with van der Waals surface area (Å²) in [7, 11) is -2.95. The number of rotatable bonds is 7. The van der Waals surface area contributed by atoms with Crippen LogP contribution in [0.25, 0.3) is 10.8 Å². The Labute approximate surface area is 173 Å². The molecule has 2 aromatic carbocycles. The summed E-state index contributed by atoms with van der Waals surface area (Å²) in [6.07, 6.45) is 1.82. The van der Waals surface area contributed by atoms with Crippen molar-refractivity contribution in [2.75, 3.05) is 18.6 Å². The van der Waals surface area contributed by atoms with Gasteiger partial charge in [-0.2, -0.15) is 0 Å². The third kappa shape index (κ3) is 7.49. The Bertz CT molecular complexity index is 832. The standard InChI is InChI=1S/C19H27N3O2S.HI/c1-4-20-19(22-15(2)12-13-25(3,23)24)21-14-17-10-7-9-16-8-5-6-11-18(16)17;/h5-11,15H,4,12-14H2,1-3H3,(H2,20,21,22);1H. The molecule has 1 atom stereocenters. The maximum Gasteiger partial charge on any atom is 0.191 e.